The number of piperazine rings is 1. The first-order chi connectivity index (χ1) is 25.0. The van der Waals surface area contributed by atoms with Crippen LogP contribution in [-0.4, -0.2) is 88.3 Å². The van der Waals surface area contributed by atoms with Crippen LogP contribution in [0.4, 0.5) is 13.2 Å². The molecule has 2 bridgehead atoms. The SMILES string of the molecule is O=C(O)CC(O)CC(=O)N1CC2CC(c3ccc(CCCOc4c(F)ccc(F)c4F)cc3)=C(C(=O)N(CCc3ccccc3Cl)C3CC3)C(C1)N2. The molecule has 3 atom stereocenters. The molecule has 2 aliphatic heterocycles. The number of benzene rings is 3. The number of aryl methyl sites for hydroxylation is 1. The lowest BCUT2D eigenvalue weighted by atomic mass is 9.82. The number of nitrogens with one attached hydrogen (secondary N) is 1. The van der Waals surface area contributed by atoms with Crippen LogP contribution < -0.4 is 10.1 Å². The van der Waals surface area contributed by atoms with Gasteiger partial charge in [-0.25, -0.2) is 8.78 Å². The van der Waals surface area contributed by atoms with Gasteiger partial charge < -0.3 is 30.1 Å². The van der Waals surface area contributed by atoms with Crippen LogP contribution in [0.5, 0.6) is 5.75 Å². The summed E-state index contributed by atoms with van der Waals surface area (Å²) in [5.74, 6) is -5.92. The summed E-state index contributed by atoms with van der Waals surface area (Å²) < 4.78 is 46.6. The largest absolute Gasteiger partial charge is 0.488 e. The zero-order valence-corrected chi connectivity index (χ0v) is 29.3. The van der Waals surface area contributed by atoms with Crippen molar-refractivity contribution in [1.82, 2.24) is 15.1 Å². The molecule has 13 heteroatoms. The number of carbonyl (C=O) groups excluding carboxylic acids is 2. The highest BCUT2D eigenvalue weighted by Gasteiger charge is 2.43. The van der Waals surface area contributed by atoms with Crippen molar-refractivity contribution in [3.63, 3.8) is 0 Å². The van der Waals surface area contributed by atoms with Gasteiger partial charge in [-0.2, -0.15) is 4.39 Å². The van der Waals surface area contributed by atoms with Crippen molar-refractivity contribution >= 4 is 35.0 Å². The number of hydrogen-bond donors (Lipinski definition) is 3. The van der Waals surface area contributed by atoms with Crippen molar-refractivity contribution in [2.24, 2.45) is 0 Å². The molecule has 52 heavy (non-hydrogen) atoms. The van der Waals surface area contributed by atoms with E-state index >= 15 is 0 Å². The number of carboxylic acid groups (broad SMARTS) is 1. The molecule has 0 aromatic heterocycles. The number of aliphatic hydroxyl groups excluding tert-OH is 1. The minimum absolute atomic E-state index is 0.0222. The van der Waals surface area contributed by atoms with Gasteiger partial charge in [0.1, 0.15) is 0 Å². The van der Waals surface area contributed by atoms with Gasteiger partial charge in [0.05, 0.1) is 31.6 Å². The van der Waals surface area contributed by atoms with Gasteiger partial charge in [0, 0.05) is 42.3 Å². The zero-order chi connectivity index (χ0) is 36.9. The molecule has 3 aliphatic rings. The maximum Gasteiger partial charge on any atom is 0.305 e. The molecular weight excluding hydrogens is 699 g/mol. The van der Waals surface area contributed by atoms with Crippen LogP contribution in [0.15, 0.2) is 66.2 Å². The van der Waals surface area contributed by atoms with E-state index < -0.39 is 47.7 Å². The fraction of sp³-hybridized carbons (Fsp3) is 0.410. The van der Waals surface area contributed by atoms with Crippen LogP contribution in [-0.2, 0) is 27.2 Å². The fourth-order valence-electron chi connectivity index (χ4n) is 7.07. The molecule has 3 aromatic carbocycles. The number of nitrogens with zero attached hydrogens (tertiary/aromatic N) is 2. The Morgan fingerprint density at radius 3 is 2.40 bits per heavy atom. The van der Waals surface area contributed by atoms with E-state index in [4.69, 9.17) is 21.4 Å². The van der Waals surface area contributed by atoms with Crippen LogP contribution in [0.1, 0.15) is 55.2 Å². The molecule has 276 valence electrons. The van der Waals surface area contributed by atoms with Crippen molar-refractivity contribution in [3.05, 3.63) is 105 Å². The van der Waals surface area contributed by atoms with Gasteiger partial charge in [0.25, 0.3) is 5.91 Å². The molecule has 6 rings (SSSR count). The van der Waals surface area contributed by atoms with Gasteiger partial charge in [0.2, 0.25) is 11.7 Å². The van der Waals surface area contributed by atoms with Gasteiger partial charge in [-0.15, -0.1) is 0 Å². The lowest BCUT2D eigenvalue weighted by Crippen LogP contribution is -2.62. The Hall–Kier alpha value is -4.39. The Balaban J connectivity index is 1.22. The third-order valence-corrected chi connectivity index (χ3v) is 10.2. The van der Waals surface area contributed by atoms with Crippen LogP contribution >= 0.6 is 11.6 Å². The molecule has 2 amide bonds. The van der Waals surface area contributed by atoms with Crippen molar-refractivity contribution < 1.29 is 42.5 Å². The van der Waals surface area contributed by atoms with Crippen molar-refractivity contribution in [2.45, 2.75) is 75.6 Å². The van der Waals surface area contributed by atoms with E-state index in [1.54, 1.807) is 4.90 Å². The highest BCUT2D eigenvalue weighted by molar-refractivity contribution is 6.31. The van der Waals surface area contributed by atoms with E-state index in [1.165, 1.54) is 0 Å². The second-order valence-electron chi connectivity index (χ2n) is 13.7. The number of rotatable bonds is 15. The normalized spacial score (nSPS) is 19.0. The minimum Gasteiger partial charge on any atom is -0.488 e. The average Bonchev–Trinajstić information content (AvgIpc) is 3.95. The molecule has 3 unspecified atom stereocenters. The molecule has 3 N–H and O–H groups in total. The zero-order valence-electron chi connectivity index (χ0n) is 28.5. The number of hydrogen-bond acceptors (Lipinski definition) is 6. The Morgan fingerprint density at radius 2 is 1.69 bits per heavy atom. The number of fused-ring (bicyclic) bond motifs is 2. The minimum atomic E-state index is -1.36. The molecule has 2 heterocycles. The van der Waals surface area contributed by atoms with Crippen LogP contribution in [0.2, 0.25) is 5.02 Å². The van der Waals surface area contributed by atoms with E-state index in [1.807, 2.05) is 53.4 Å². The number of amides is 2. The van der Waals surface area contributed by atoms with Crippen LogP contribution in [0.3, 0.4) is 0 Å². The van der Waals surface area contributed by atoms with Crippen molar-refractivity contribution in [2.75, 3.05) is 26.2 Å². The first-order valence-electron chi connectivity index (χ1n) is 17.5. The predicted octanol–water partition coefficient (Wildman–Crippen LogP) is 5.55. The van der Waals surface area contributed by atoms with Crippen LogP contribution in [0, 0.1) is 17.5 Å². The van der Waals surface area contributed by atoms with E-state index in [0.717, 1.165) is 41.2 Å². The topological polar surface area (TPSA) is 119 Å². The molecule has 0 radical (unpaired) electrons. The van der Waals surface area contributed by atoms with Gasteiger partial charge in [-0.05, 0) is 79.0 Å². The number of aliphatic carboxylic acids is 1. The smallest absolute Gasteiger partial charge is 0.305 e. The molecule has 0 spiro atoms. The van der Waals surface area contributed by atoms with Gasteiger partial charge in [0.15, 0.2) is 17.4 Å². The highest BCUT2D eigenvalue weighted by Crippen LogP contribution is 2.37. The molecule has 1 saturated carbocycles. The summed E-state index contributed by atoms with van der Waals surface area (Å²) in [7, 11) is 0. The molecule has 1 saturated heterocycles. The number of carbonyl (C=O) groups is 3. The number of carboxylic acids is 1. The maximum atomic E-state index is 14.7. The third-order valence-electron chi connectivity index (χ3n) is 9.80. The average molecular weight is 740 g/mol. The van der Waals surface area contributed by atoms with E-state index in [9.17, 15) is 32.7 Å². The maximum absolute atomic E-state index is 14.7. The summed E-state index contributed by atoms with van der Waals surface area (Å²) in [4.78, 5) is 42.5. The number of ether oxygens (including phenoxy) is 1. The molecular formula is C39H41ClF3N3O6. The van der Waals surface area contributed by atoms with E-state index in [0.29, 0.717) is 55.4 Å². The van der Waals surface area contributed by atoms with E-state index in [-0.39, 0.29) is 43.5 Å². The Kier molecular flexibility index (Phi) is 11.9. The first kappa shape index (κ1) is 37.4. The van der Waals surface area contributed by atoms with Gasteiger partial charge >= 0.3 is 5.97 Å². The van der Waals surface area contributed by atoms with Gasteiger partial charge in [-0.3, -0.25) is 14.4 Å². The number of halogens is 4. The van der Waals surface area contributed by atoms with Crippen LogP contribution in [0.25, 0.3) is 5.57 Å². The Morgan fingerprint density at radius 1 is 0.962 bits per heavy atom. The summed E-state index contributed by atoms with van der Waals surface area (Å²) in [6.45, 7) is 0.969. The Bertz CT molecular complexity index is 1840. The predicted molar refractivity (Wildman–Crippen MR) is 188 cm³/mol. The summed E-state index contributed by atoms with van der Waals surface area (Å²) in [5.41, 5.74) is 4.20. The summed E-state index contributed by atoms with van der Waals surface area (Å²) >= 11 is 6.45. The highest BCUT2D eigenvalue weighted by atomic mass is 35.5. The third kappa shape index (κ3) is 8.97. The molecule has 2 fully saturated rings. The molecule has 9 nitrogen and oxygen atoms in total. The Labute approximate surface area is 305 Å². The lowest BCUT2D eigenvalue weighted by Gasteiger charge is -2.45. The quantitative estimate of drug-likeness (QED) is 0.138. The first-order valence-corrected chi connectivity index (χ1v) is 17.9. The fourth-order valence-corrected chi connectivity index (χ4v) is 7.30. The van der Waals surface area contributed by atoms with E-state index in [2.05, 4.69) is 5.32 Å². The second-order valence-corrected chi connectivity index (χ2v) is 14.1. The summed E-state index contributed by atoms with van der Waals surface area (Å²) in [6.07, 6.45) is 1.59. The summed E-state index contributed by atoms with van der Waals surface area (Å²) in [5, 5.41) is 23.4. The van der Waals surface area contributed by atoms with Gasteiger partial charge in [-0.1, -0.05) is 54.1 Å². The number of aliphatic hydroxyl groups is 1. The molecule has 1 aliphatic carbocycles. The second kappa shape index (κ2) is 16.5. The monoisotopic (exact) mass is 739 g/mol. The van der Waals surface area contributed by atoms with Crippen molar-refractivity contribution in [1.29, 1.82) is 0 Å². The lowest BCUT2D eigenvalue weighted by molar-refractivity contribution is -0.141. The summed E-state index contributed by atoms with van der Waals surface area (Å²) in [6, 6.07) is 16.3. The molecule has 3 aromatic rings. The van der Waals surface area contributed by atoms with Crippen molar-refractivity contribution in [3.8, 4) is 5.75 Å². The standard InChI is InChI=1S/C39H41ClF3N3O6/c40-30-6-2-1-5-25(30)15-16-46(27-11-12-27)39(51)36-29(18-26-21-45(22-33(36)44-26)34(48)19-28(47)20-35(49)50)24-9-7-23(8-10-24)4-3-17-52-38-32(42)14-13-31(41)37(38)43/h1-2,5-10,13-14,26-28,33,44,47H,3-4,11-12,15-22H2,(H,49,50).